The third-order valence-corrected chi connectivity index (χ3v) is 1.86. The molecule has 1 fully saturated rings. The minimum Gasteiger partial charge on any atom is -0.462 e. The molecular formula is C7H11O2S. The normalized spacial score (nSPS) is 21.4. The van der Waals surface area contributed by atoms with Crippen LogP contribution < -0.4 is 0 Å². The molecule has 0 saturated heterocycles. The van der Waals surface area contributed by atoms with Crippen LogP contribution in [0.4, 0.5) is 0 Å². The second-order valence-electron chi connectivity index (χ2n) is 2.63. The standard InChI is InChI=1S/C7H11O2S/c1-5(10)7(8)9-6-3-2-4-6/h5-6H,2-4H2,1H3. The Morgan fingerprint density at radius 2 is 2.30 bits per heavy atom. The molecule has 1 unspecified atom stereocenters. The molecule has 3 heteroatoms. The zero-order valence-electron chi connectivity index (χ0n) is 6.00. The first-order valence-electron chi connectivity index (χ1n) is 3.56. The van der Waals surface area contributed by atoms with Crippen LogP contribution in [0.2, 0.25) is 0 Å². The third-order valence-electron chi connectivity index (χ3n) is 1.67. The van der Waals surface area contributed by atoms with E-state index in [1.807, 2.05) is 0 Å². The van der Waals surface area contributed by atoms with Crippen molar-refractivity contribution in [2.75, 3.05) is 0 Å². The Morgan fingerprint density at radius 1 is 1.70 bits per heavy atom. The van der Waals surface area contributed by atoms with Gasteiger partial charge in [0.1, 0.15) is 11.4 Å². The first-order valence-corrected chi connectivity index (χ1v) is 4.03. The van der Waals surface area contributed by atoms with Crippen molar-refractivity contribution >= 4 is 18.6 Å². The number of hydrogen-bond acceptors (Lipinski definition) is 2. The molecule has 0 bridgehead atoms. The highest BCUT2D eigenvalue weighted by atomic mass is 32.1. The summed E-state index contributed by atoms with van der Waals surface area (Å²) in [6, 6.07) is 0. The molecule has 0 heterocycles. The van der Waals surface area contributed by atoms with Gasteiger partial charge < -0.3 is 4.74 Å². The van der Waals surface area contributed by atoms with Crippen molar-refractivity contribution in [2.45, 2.75) is 37.5 Å². The molecule has 10 heavy (non-hydrogen) atoms. The molecule has 0 aromatic carbocycles. The Labute approximate surface area is 66.4 Å². The molecule has 1 aliphatic rings. The minimum atomic E-state index is -0.388. The van der Waals surface area contributed by atoms with Gasteiger partial charge in [0, 0.05) is 0 Å². The fraction of sp³-hybridized carbons (Fsp3) is 0.857. The van der Waals surface area contributed by atoms with Gasteiger partial charge >= 0.3 is 5.97 Å². The average Bonchev–Trinajstić information content (AvgIpc) is 1.77. The molecule has 0 amide bonds. The highest BCUT2D eigenvalue weighted by Gasteiger charge is 2.23. The molecule has 0 aromatic rings. The van der Waals surface area contributed by atoms with E-state index in [0.29, 0.717) is 0 Å². The van der Waals surface area contributed by atoms with Gasteiger partial charge in [-0.3, -0.25) is 4.79 Å². The van der Waals surface area contributed by atoms with Crippen LogP contribution in [0.15, 0.2) is 0 Å². The molecule has 1 rings (SSSR count). The number of esters is 1. The number of rotatable bonds is 2. The number of hydrogen-bond donors (Lipinski definition) is 0. The lowest BCUT2D eigenvalue weighted by Crippen LogP contribution is -2.28. The topological polar surface area (TPSA) is 26.3 Å². The Hall–Kier alpha value is -0.180. The lowest BCUT2D eigenvalue weighted by atomic mass is 9.96. The van der Waals surface area contributed by atoms with Crippen molar-refractivity contribution in [3.8, 4) is 0 Å². The van der Waals surface area contributed by atoms with Crippen molar-refractivity contribution in [2.24, 2.45) is 0 Å². The van der Waals surface area contributed by atoms with E-state index in [9.17, 15) is 4.79 Å². The van der Waals surface area contributed by atoms with E-state index < -0.39 is 0 Å². The number of carbonyl (C=O) groups excluding carboxylic acids is 1. The third kappa shape index (κ3) is 1.90. The second kappa shape index (κ2) is 3.28. The maximum Gasteiger partial charge on any atom is 0.319 e. The Kier molecular flexibility index (Phi) is 2.60. The van der Waals surface area contributed by atoms with Gasteiger partial charge in [-0.25, -0.2) is 0 Å². The summed E-state index contributed by atoms with van der Waals surface area (Å²) in [4.78, 5) is 10.8. The van der Waals surface area contributed by atoms with Gasteiger partial charge in [-0.15, -0.1) is 0 Å². The highest BCUT2D eigenvalue weighted by molar-refractivity contribution is 7.81. The van der Waals surface area contributed by atoms with E-state index in [2.05, 4.69) is 0 Å². The van der Waals surface area contributed by atoms with Crippen molar-refractivity contribution in [1.82, 2.24) is 0 Å². The first kappa shape index (κ1) is 7.92. The van der Waals surface area contributed by atoms with Crippen molar-refractivity contribution in [1.29, 1.82) is 0 Å². The van der Waals surface area contributed by atoms with Gasteiger partial charge in [-0.05, 0) is 26.2 Å². The van der Waals surface area contributed by atoms with Gasteiger partial charge in [0.2, 0.25) is 0 Å². The largest absolute Gasteiger partial charge is 0.462 e. The van der Waals surface area contributed by atoms with Crippen LogP contribution in [0, 0.1) is 0 Å². The summed E-state index contributed by atoms with van der Waals surface area (Å²) in [6.07, 6.45) is 3.41. The van der Waals surface area contributed by atoms with Gasteiger partial charge in [0.15, 0.2) is 0 Å². The maximum atomic E-state index is 10.8. The fourth-order valence-electron chi connectivity index (χ4n) is 0.749. The van der Waals surface area contributed by atoms with E-state index in [0.717, 1.165) is 12.8 Å². The van der Waals surface area contributed by atoms with Gasteiger partial charge in [-0.1, -0.05) is 12.6 Å². The quantitative estimate of drug-likeness (QED) is 0.573. The zero-order chi connectivity index (χ0) is 7.56. The summed E-state index contributed by atoms with van der Waals surface area (Å²) in [6.45, 7) is 1.68. The van der Waals surface area contributed by atoms with Crippen LogP contribution in [0.5, 0.6) is 0 Å². The zero-order valence-corrected chi connectivity index (χ0v) is 6.82. The molecule has 0 spiro atoms. The molecule has 2 nitrogen and oxygen atoms in total. The van der Waals surface area contributed by atoms with Crippen LogP contribution in [-0.4, -0.2) is 17.3 Å². The number of carbonyl (C=O) groups is 1. The summed E-state index contributed by atoms with van der Waals surface area (Å²) in [7, 11) is 0. The molecule has 0 N–H and O–H groups in total. The van der Waals surface area contributed by atoms with Crippen molar-refractivity contribution in [3.05, 3.63) is 0 Å². The first-order chi connectivity index (χ1) is 4.70. The van der Waals surface area contributed by atoms with Crippen LogP contribution in [-0.2, 0) is 9.53 Å². The summed E-state index contributed by atoms with van der Waals surface area (Å²) in [5.74, 6) is -0.236. The number of ether oxygens (including phenoxy) is 1. The molecule has 1 radical (unpaired) electrons. The average molecular weight is 159 g/mol. The second-order valence-corrected chi connectivity index (χ2v) is 3.34. The Bertz CT molecular complexity index is 130. The Balaban J connectivity index is 2.17. The summed E-state index contributed by atoms with van der Waals surface area (Å²) in [5.41, 5.74) is 0. The maximum absolute atomic E-state index is 10.8. The van der Waals surface area contributed by atoms with E-state index in [-0.39, 0.29) is 17.3 Å². The minimum absolute atomic E-state index is 0.179. The fourth-order valence-corrected chi connectivity index (χ4v) is 0.804. The highest BCUT2D eigenvalue weighted by Crippen LogP contribution is 2.22. The Morgan fingerprint density at radius 3 is 2.60 bits per heavy atom. The lowest BCUT2D eigenvalue weighted by molar-refractivity contribution is -0.151. The summed E-state index contributed by atoms with van der Waals surface area (Å²) in [5, 5.41) is -0.388. The van der Waals surface area contributed by atoms with Crippen LogP contribution in [0.25, 0.3) is 0 Å². The predicted octanol–water partition coefficient (Wildman–Crippen LogP) is 1.67. The van der Waals surface area contributed by atoms with Gasteiger partial charge in [0.25, 0.3) is 0 Å². The van der Waals surface area contributed by atoms with E-state index in [1.165, 1.54) is 6.42 Å². The molecule has 1 aliphatic carbocycles. The smallest absolute Gasteiger partial charge is 0.319 e. The summed E-state index contributed by atoms with van der Waals surface area (Å²) < 4.78 is 5.00. The van der Waals surface area contributed by atoms with Crippen LogP contribution >= 0.6 is 12.6 Å². The van der Waals surface area contributed by atoms with E-state index >= 15 is 0 Å². The lowest BCUT2D eigenvalue weighted by Gasteiger charge is -2.25. The van der Waals surface area contributed by atoms with E-state index in [1.54, 1.807) is 6.92 Å². The van der Waals surface area contributed by atoms with Crippen molar-refractivity contribution in [3.63, 3.8) is 0 Å². The molecule has 1 saturated carbocycles. The SMILES string of the molecule is CC([S])C(=O)OC1CCC1. The van der Waals surface area contributed by atoms with Gasteiger partial charge in [0.05, 0.1) is 0 Å². The molecule has 1 atom stereocenters. The predicted molar refractivity (Wildman–Crippen MR) is 40.8 cm³/mol. The van der Waals surface area contributed by atoms with Crippen LogP contribution in [0.1, 0.15) is 26.2 Å². The molecule has 0 aromatic heterocycles. The molecular weight excluding hydrogens is 148 g/mol. The molecule has 0 aliphatic heterocycles. The summed E-state index contributed by atoms with van der Waals surface area (Å²) >= 11 is 4.72. The van der Waals surface area contributed by atoms with Gasteiger partial charge in [-0.2, -0.15) is 0 Å². The monoisotopic (exact) mass is 159 g/mol. The van der Waals surface area contributed by atoms with Crippen LogP contribution in [0.3, 0.4) is 0 Å². The van der Waals surface area contributed by atoms with Crippen molar-refractivity contribution < 1.29 is 9.53 Å². The molecule has 57 valence electrons. The van der Waals surface area contributed by atoms with E-state index in [4.69, 9.17) is 17.4 Å².